The van der Waals surface area contributed by atoms with Gasteiger partial charge in [0.1, 0.15) is 5.82 Å². The minimum absolute atomic E-state index is 0.00186. The summed E-state index contributed by atoms with van der Waals surface area (Å²) < 4.78 is 0. The first-order chi connectivity index (χ1) is 8.58. The van der Waals surface area contributed by atoms with Crippen LogP contribution in [-0.2, 0) is 4.79 Å². The third kappa shape index (κ3) is 2.79. The first-order valence-corrected chi connectivity index (χ1v) is 6.26. The van der Waals surface area contributed by atoms with E-state index in [1.807, 2.05) is 12.1 Å². The van der Waals surface area contributed by atoms with Gasteiger partial charge in [-0.15, -0.1) is 0 Å². The third-order valence-corrected chi connectivity index (χ3v) is 3.47. The highest BCUT2D eigenvalue weighted by atomic mass is 16.3. The van der Waals surface area contributed by atoms with Crippen LogP contribution in [0.3, 0.4) is 0 Å². The summed E-state index contributed by atoms with van der Waals surface area (Å²) in [5, 5.41) is 9.42. The molecule has 0 radical (unpaired) electrons. The molecule has 98 valence electrons. The van der Waals surface area contributed by atoms with Crippen LogP contribution in [0.5, 0.6) is 0 Å². The fraction of sp³-hybridized carbons (Fsp3) is 0.538. The monoisotopic (exact) mass is 249 g/mol. The molecule has 5 nitrogen and oxygen atoms in total. The van der Waals surface area contributed by atoms with Crippen LogP contribution in [0.15, 0.2) is 18.3 Å². The van der Waals surface area contributed by atoms with Gasteiger partial charge in [0.2, 0.25) is 5.91 Å². The van der Waals surface area contributed by atoms with E-state index in [9.17, 15) is 9.90 Å². The number of anilines is 1. The molecule has 1 aliphatic rings. The number of aliphatic hydroxyl groups is 1. The van der Waals surface area contributed by atoms with Crippen LogP contribution in [0, 0.1) is 5.92 Å². The Morgan fingerprint density at radius 1 is 1.50 bits per heavy atom. The summed E-state index contributed by atoms with van der Waals surface area (Å²) in [6.07, 6.45) is 2.77. The molecule has 3 N–H and O–H groups in total. The minimum Gasteiger partial charge on any atom is -0.389 e. The van der Waals surface area contributed by atoms with Crippen molar-refractivity contribution >= 4 is 11.7 Å². The summed E-state index contributed by atoms with van der Waals surface area (Å²) in [4.78, 5) is 17.6. The number of hydrogen-bond acceptors (Lipinski definition) is 4. The van der Waals surface area contributed by atoms with Crippen LogP contribution in [0.1, 0.15) is 31.4 Å². The molecule has 0 aromatic carbocycles. The van der Waals surface area contributed by atoms with Crippen molar-refractivity contribution in [1.82, 2.24) is 4.98 Å². The zero-order chi connectivity index (χ0) is 13.1. The van der Waals surface area contributed by atoms with Gasteiger partial charge in [-0.05, 0) is 31.4 Å². The maximum atomic E-state index is 11.1. The number of nitrogens with zero attached hydrogens (tertiary/aromatic N) is 2. The Kier molecular flexibility index (Phi) is 3.81. The fourth-order valence-corrected chi connectivity index (χ4v) is 2.22. The zero-order valence-electron chi connectivity index (χ0n) is 10.5. The van der Waals surface area contributed by atoms with Crippen LogP contribution in [0.2, 0.25) is 0 Å². The van der Waals surface area contributed by atoms with Crippen LogP contribution in [0.25, 0.3) is 0 Å². The molecule has 1 aliphatic heterocycles. The molecule has 0 bridgehead atoms. The third-order valence-electron chi connectivity index (χ3n) is 3.47. The lowest BCUT2D eigenvalue weighted by Crippen LogP contribution is -2.38. The topological polar surface area (TPSA) is 79.5 Å². The van der Waals surface area contributed by atoms with Gasteiger partial charge < -0.3 is 15.7 Å². The Hall–Kier alpha value is -1.62. The van der Waals surface area contributed by atoms with E-state index in [2.05, 4.69) is 9.88 Å². The van der Waals surface area contributed by atoms with E-state index in [1.165, 1.54) is 0 Å². The summed E-state index contributed by atoms with van der Waals surface area (Å²) in [6.45, 7) is 3.32. The second kappa shape index (κ2) is 5.35. The number of primary amides is 1. The molecular weight excluding hydrogens is 230 g/mol. The van der Waals surface area contributed by atoms with Gasteiger partial charge in [0.15, 0.2) is 0 Å². The molecule has 1 aromatic rings. The number of rotatable bonds is 3. The Bertz CT molecular complexity index is 409. The van der Waals surface area contributed by atoms with Crippen LogP contribution < -0.4 is 10.6 Å². The number of aromatic nitrogens is 1. The summed E-state index contributed by atoms with van der Waals surface area (Å²) in [5.41, 5.74) is 6.11. The summed E-state index contributed by atoms with van der Waals surface area (Å²) in [5.74, 6) is 0.687. The van der Waals surface area contributed by atoms with E-state index in [4.69, 9.17) is 5.73 Å². The van der Waals surface area contributed by atoms with Gasteiger partial charge in [0.25, 0.3) is 0 Å². The van der Waals surface area contributed by atoms with Crippen LogP contribution in [0.4, 0.5) is 5.82 Å². The van der Waals surface area contributed by atoms with Crippen LogP contribution >= 0.6 is 0 Å². The normalized spacial score (nSPS) is 18.7. The average Bonchev–Trinajstić information content (AvgIpc) is 2.39. The molecule has 0 unspecified atom stereocenters. The van der Waals surface area contributed by atoms with E-state index in [0.717, 1.165) is 37.3 Å². The van der Waals surface area contributed by atoms with Gasteiger partial charge in [-0.25, -0.2) is 4.98 Å². The number of aliphatic hydroxyl groups excluding tert-OH is 1. The van der Waals surface area contributed by atoms with Crippen molar-refractivity contribution in [2.24, 2.45) is 11.7 Å². The predicted molar refractivity (Wildman–Crippen MR) is 69.0 cm³/mol. The standard InChI is InChI=1S/C13H19N3O2/c1-9(17)11-2-3-12(15-8-11)16-6-4-10(5-7-16)13(14)18/h2-3,8-10,17H,4-7H2,1H3,(H2,14,18)/t9-/m0/s1. The molecular formula is C13H19N3O2. The maximum absolute atomic E-state index is 11.1. The number of carbonyl (C=O) groups excluding carboxylic acids is 1. The van der Waals surface area contributed by atoms with Crippen molar-refractivity contribution in [3.63, 3.8) is 0 Å². The number of nitrogens with two attached hydrogens (primary N) is 1. The highest BCUT2D eigenvalue weighted by Crippen LogP contribution is 2.22. The van der Waals surface area contributed by atoms with Gasteiger partial charge in [-0.2, -0.15) is 0 Å². The Labute approximate surface area is 107 Å². The highest BCUT2D eigenvalue weighted by molar-refractivity contribution is 5.76. The zero-order valence-corrected chi connectivity index (χ0v) is 10.5. The van der Waals surface area contributed by atoms with E-state index in [1.54, 1.807) is 13.1 Å². The van der Waals surface area contributed by atoms with Crippen molar-refractivity contribution in [3.8, 4) is 0 Å². The Balaban J connectivity index is 1.99. The average molecular weight is 249 g/mol. The van der Waals surface area contributed by atoms with Gasteiger partial charge >= 0.3 is 0 Å². The van der Waals surface area contributed by atoms with Crippen molar-refractivity contribution in [2.75, 3.05) is 18.0 Å². The Morgan fingerprint density at radius 2 is 2.17 bits per heavy atom. The van der Waals surface area contributed by atoms with Gasteiger partial charge in [-0.3, -0.25) is 4.79 Å². The quantitative estimate of drug-likeness (QED) is 0.831. The summed E-state index contributed by atoms with van der Waals surface area (Å²) in [6, 6.07) is 3.79. The van der Waals surface area contributed by atoms with Gasteiger partial charge in [0.05, 0.1) is 6.10 Å². The van der Waals surface area contributed by atoms with Crippen molar-refractivity contribution in [2.45, 2.75) is 25.9 Å². The summed E-state index contributed by atoms with van der Waals surface area (Å²) >= 11 is 0. The van der Waals surface area contributed by atoms with E-state index >= 15 is 0 Å². The molecule has 18 heavy (non-hydrogen) atoms. The van der Waals surface area contributed by atoms with Crippen molar-refractivity contribution in [1.29, 1.82) is 0 Å². The second-order valence-electron chi connectivity index (χ2n) is 4.79. The minimum atomic E-state index is -0.493. The number of piperidine rings is 1. The first-order valence-electron chi connectivity index (χ1n) is 6.26. The smallest absolute Gasteiger partial charge is 0.220 e. The maximum Gasteiger partial charge on any atom is 0.220 e. The summed E-state index contributed by atoms with van der Waals surface area (Å²) in [7, 11) is 0. The molecule has 0 saturated carbocycles. The molecule has 1 atom stereocenters. The molecule has 1 amide bonds. The Morgan fingerprint density at radius 3 is 2.61 bits per heavy atom. The fourth-order valence-electron chi connectivity index (χ4n) is 2.22. The molecule has 0 spiro atoms. The lowest BCUT2D eigenvalue weighted by molar-refractivity contribution is -0.122. The lowest BCUT2D eigenvalue weighted by Gasteiger charge is -2.31. The van der Waals surface area contributed by atoms with Crippen LogP contribution in [-0.4, -0.2) is 29.1 Å². The van der Waals surface area contributed by atoms with E-state index in [0.29, 0.717) is 0 Å². The number of carbonyl (C=O) groups is 1. The molecule has 2 rings (SSSR count). The largest absolute Gasteiger partial charge is 0.389 e. The molecule has 2 heterocycles. The molecule has 0 aliphatic carbocycles. The molecule has 5 heteroatoms. The van der Waals surface area contributed by atoms with E-state index in [-0.39, 0.29) is 11.8 Å². The first kappa shape index (κ1) is 12.8. The predicted octanol–water partition coefficient (Wildman–Crippen LogP) is 0.837. The van der Waals surface area contributed by atoms with Crippen molar-refractivity contribution in [3.05, 3.63) is 23.9 Å². The molecule has 1 fully saturated rings. The SMILES string of the molecule is C[C@H](O)c1ccc(N2CCC(C(N)=O)CC2)nc1. The van der Waals surface area contributed by atoms with E-state index < -0.39 is 6.10 Å². The molecule has 1 aromatic heterocycles. The number of pyridine rings is 1. The number of amides is 1. The second-order valence-corrected chi connectivity index (χ2v) is 4.79. The highest BCUT2D eigenvalue weighted by Gasteiger charge is 2.23. The molecule has 1 saturated heterocycles. The van der Waals surface area contributed by atoms with Crippen molar-refractivity contribution < 1.29 is 9.90 Å². The van der Waals surface area contributed by atoms with Gasteiger partial charge in [-0.1, -0.05) is 6.07 Å². The van der Waals surface area contributed by atoms with Gasteiger partial charge in [0, 0.05) is 25.2 Å². The number of hydrogen-bond donors (Lipinski definition) is 2. The lowest BCUT2D eigenvalue weighted by atomic mass is 9.96.